The number of likely N-dealkylation sites (tertiary alicyclic amines) is 1. The Hall–Kier alpha value is -2.44. The van der Waals surface area contributed by atoms with Gasteiger partial charge < -0.3 is 14.5 Å². The first-order valence-electron chi connectivity index (χ1n) is 10.5. The van der Waals surface area contributed by atoms with Crippen molar-refractivity contribution in [2.24, 2.45) is 17.3 Å². The fraction of sp³-hybridized carbons (Fsp3) is 0.636. The van der Waals surface area contributed by atoms with Crippen LogP contribution in [0.3, 0.4) is 0 Å². The molecule has 4 rings (SSSR count). The van der Waals surface area contributed by atoms with Crippen molar-refractivity contribution < 1.29 is 19.2 Å². The summed E-state index contributed by atoms with van der Waals surface area (Å²) in [5.74, 6) is -0.946. The predicted octanol–water partition coefficient (Wildman–Crippen LogP) is 3.87. The highest BCUT2D eigenvalue weighted by Gasteiger charge is 2.36. The van der Waals surface area contributed by atoms with Gasteiger partial charge >= 0.3 is 5.97 Å². The molecule has 156 valence electrons. The number of aromatic nitrogens is 2. The van der Waals surface area contributed by atoms with Crippen LogP contribution in [0.15, 0.2) is 10.6 Å². The van der Waals surface area contributed by atoms with E-state index in [0.717, 1.165) is 24.2 Å². The minimum absolute atomic E-state index is 0.00632. The molecule has 3 heterocycles. The van der Waals surface area contributed by atoms with Gasteiger partial charge in [-0.15, -0.1) is 0 Å². The van der Waals surface area contributed by atoms with Crippen LogP contribution in [0.5, 0.6) is 0 Å². The minimum Gasteiger partial charge on any atom is -0.481 e. The molecule has 1 N–H and O–H groups in total. The van der Waals surface area contributed by atoms with E-state index in [1.807, 2.05) is 13.0 Å². The van der Waals surface area contributed by atoms with Gasteiger partial charge in [-0.05, 0) is 43.1 Å². The molecule has 2 unspecified atom stereocenters. The third-order valence-electron chi connectivity index (χ3n) is 5.97. The van der Waals surface area contributed by atoms with E-state index in [0.29, 0.717) is 48.5 Å². The van der Waals surface area contributed by atoms with Crippen LogP contribution in [0.25, 0.3) is 11.1 Å². The lowest BCUT2D eigenvalue weighted by Crippen LogP contribution is -2.45. The molecule has 7 nitrogen and oxygen atoms in total. The summed E-state index contributed by atoms with van der Waals surface area (Å²) in [4.78, 5) is 31.4. The monoisotopic (exact) mass is 399 g/mol. The van der Waals surface area contributed by atoms with Crippen molar-refractivity contribution in [3.63, 3.8) is 0 Å². The molecule has 2 atom stereocenters. The highest BCUT2D eigenvalue weighted by molar-refractivity contribution is 6.06. The highest BCUT2D eigenvalue weighted by Crippen LogP contribution is 2.41. The fourth-order valence-corrected chi connectivity index (χ4v) is 4.28. The van der Waals surface area contributed by atoms with E-state index in [9.17, 15) is 14.7 Å². The molecular weight excluding hydrogens is 370 g/mol. The van der Waals surface area contributed by atoms with E-state index in [1.54, 1.807) is 4.90 Å². The van der Waals surface area contributed by atoms with Crippen LogP contribution < -0.4 is 0 Å². The van der Waals surface area contributed by atoms with Crippen molar-refractivity contribution in [1.82, 2.24) is 15.0 Å². The van der Waals surface area contributed by atoms with E-state index >= 15 is 0 Å². The molecule has 2 aromatic heterocycles. The van der Waals surface area contributed by atoms with Crippen LogP contribution in [-0.4, -0.2) is 45.1 Å². The summed E-state index contributed by atoms with van der Waals surface area (Å²) in [6, 6.07) is 1.92. The Bertz CT molecular complexity index is 955. The molecule has 1 aliphatic heterocycles. The van der Waals surface area contributed by atoms with Crippen LogP contribution in [0.2, 0.25) is 0 Å². The Labute approximate surface area is 170 Å². The molecule has 0 radical (unpaired) electrons. The number of carboxylic acids is 1. The molecule has 1 amide bonds. The average molecular weight is 399 g/mol. The summed E-state index contributed by atoms with van der Waals surface area (Å²) >= 11 is 0. The van der Waals surface area contributed by atoms with Gasteiger partial charge in [-0.2, -0.15) is 0 Å². The fourth-order valence-electron chi connectivity index (χ4n) is 4.28. The standard InChI is InChI=1S/C22H29N3O4/c1-12-11-25(8-7-14(12)21(27)28)20(26)15-9-16(13-5-6-13)23-19-18(15)17(24-29-19)10-22(2,3)4/h9,12-14H,5-8,10-11H2,1-4H3,(H,27,28). The second-order valence-corrected chi connectivity index (χ2v) is 9.88. The van der Waals surface area contributed by atoms with Crippen molar-refractivity contribution >= 4 is 23.0 Å². The van der Waals surface area contributed by atoms with E-state index in [4.69, 9.17) is 4.52 Å². The molecular formula is C22H29N3O4. The lowest BCUT2D eigenvalue weighted by atomic mass is 9.86. The maximum Gasteiger partial charge on any atom is 0.306 e. The number of rotatable bonds is 4. The predicted molar refractivity (Wildman–Crippen MR) is 108 cm³/mol. The maximum atomic E-state index is 13.5. The summed E-state index contributed by atoms with van der Waals surface area (Å²) in [6.45, 7) is 9.17. The Morgan fingerprint density at radius 3 is 2.59 bits per heavy atom. The SMILES string of the molecule is CC1CN(C(=O)c2cc(C3CC3)nc3onc(CC(C)(C)C)c23)CCC1C(=O)O. The van der Waals surface area contributed by atoms with E-state index in [1.165, 1.54) is 0 Å². The number of amides is 1. The first kappa shape index (κ1) is 19.9. The maximum absolute atomic E-state index is 13.5. The molecule has 1 saturated carbocycles. The van der Waals surface area contributed by atoms with Gasteiger partial charge in [0.2, 0.25) is 0 Å². The van der Waals surface area contributed by atoms with Crippen molar-refractivity contribution in [2.45, 2.75) is 59.3 Å². The second-order valence-electron chi connectivity index (χ2n) is 9.88. The Morgan fingerprint density at radius 2 is 2.00 bits per heavy atom. The number of carboxylic acid groups (broad SMARTS) is 1. The number of hydrogen-bond donors (Lipinski definition) is 1. The van der Waals surface area contributed by atoms with Crippen LogP contribution in [0.4, 0.5) is 0 Å². The van der Waals surface area contributed by atoms with Gasteiger partial charge in [0.25, 0.3) is 11.6 Å². The van der Waals surface area contributed by atoms with Gasteiger partial charge in [0.15, 0.2) is 0 Å². The molecule has 1 saturated heterocycles. The van der Waals surface area contributed by atoms with Crippen molar-refractivity contribution in [2.75, 3.05) is 13.1 Å². The van der Waals surface area contributed by atoms with Crippen molar-refractivity contribution in [1.29, 1.82) is 0 Å². The number of pyridine rings is 1. The minimum atomic E-state index is -0.779. The van der Waals surface area contributed by atoms with Crippen LogP contribution >= 0.6 is 0 Å². The largest absolute Gasteiger partial charge is 0.481 e. The number of carbonyl (C=O) groups is 2. The van der Waals surface area contributed by atoms with Crippen LogP contribution in [0.1, 0.15) is 74.6 Å². The van der Waals surface area contributed by atoms with Gasteiger partial charge in [0.1, 0.15) is 0 Å². The zero-order valence-electron chi connectivity index (χ0n) is 17.6. The zero-order chi connectivity index (χ0) is 20.9. The third kappa shape index (κ3) is 4.00. The Balaban J connectivity index is 1.72. The number of nitrogens with zero attached hydrogens (tertiary/aromatic N) is 3. The van der Waals surface area contributed by atoms with Crippen LogP contribution in [0, 0.1) is 17.3 Å². The van der Waals surface area contributed by atoms with E-state index < -0.39 is 11.9 Å². The van der Waals surface area contributed by atoms with E-state index in [-0.39, 0.29) is 17.2 Å². The quantitative estimate of drug-likeness (QED) is 0.838. The first-order valence-corrected chi connectivity index (χ1v) is 10.5. The Morgan fingerprint density at radius 1 is 1.28 bits per heavy atom. The Kier molecular flexibility index (Phi) is 4.87. The number of fused-ring (bicyclic) bond motifs is 1. The molecule has 2 aliphatic rings. The summed E-state index contributed by atoms with van der Waals surface area (Å²) < 4.78 is 5.55. The van der Waals surface area contributed by atoms with Gasteiger partial charge in [-0.3, -0.25) is 9.59 Å². The zero-order valence-corrected chi connectivity index (χ0v) is 17.6. The first-order chi connectivity index (χ1) is 13.6. The normalized spacial score (nSPS) is 22.8. The second kappa shape index (κ2) is 7.11. The lowest BCUT2D eigenvalue weighted by molar-refractivity contribution is -0.145. The average Bonchev–Trinajstić information content (AvgIpc) is 3.41. The van der Waals surface area contributed by atoms with Gasteiger partial charge in [-0.1, -0.05) is 32.9 Å². The van der Waals surface area contributed by atoms with Gasteiger partial charge in [0, 0.05) is 24.7 Å². The highest BCUT2D eigenvalue weighted by atomic mass is 16.5. The van der Waals surface area contributed by atoms with E-state index in [2.05, 4.69) is 30.9 Å². The molecule has 0 aromatic carbocycles. The molecule has 7 heteroatoms. The summed E-state index contributed by atoms with van der Waals surface area (Å²) in [6.07, 6.45) is 3.32. The van der Waals surface area contributed by atoms with Crippen molar-refractivity contribution in [3.8, 4) is 0 Å². The number of hydrogen-bond acceptors (Lipinski definition) is 5. The van der Waals surface area contributed by atoms with Crippen LogP contribution in [-0.2, 0) is 11.2 Å². The van der Waals surface area contributed by atoms with Crippen molar-refractivity contribution in [3.05, 3.63) is 23.0 Å². The number of piperidine rings is 1. The lowest BCUT2D eigenvalue weighted by Gasteiger charge is -2.35. The molecule has 2 aromatic rings. The summed E-state index contributed by atoms with van der Waals surface area (Å²) in [5.41, 5.74) is 2.68. The molecule has 29 heavy (non-hydrogen) atoms. The number of carbonyl (C=O) groups excluding carboxylic acids is 1. The van der Waals surface area contributed by atoms with Gasteiger partial charge in [-0.25, -0.2) is 4.98 Å². The topological polar surface area (TPSA) is 96.5 Å². The summed E-state index contributed by atoms with van der Waals surface area (Å²) in [5, 5.41) is 14.3. The summed E-state index contributed by atoms with van der Waals surface area (Å²) in [7, 11) is 0. The number of aliphatic carboxylic acids is 1. The molecule has 0 spiro atoms. The molecule has 2 fully saturated rings. The molecule has 1 aliphatic carbocycles. The van der Waals surface area contributed by atoms with Gasteiger partial charge in [0.05, 0.1) is 22.6 Å². The third-order valence-corrected chi connectivity index (χ3v) is 5.97. The molecule has 0 bridgehead atoms. The smallest absolute Gasteiger partial charge is 0.306 e.